The Morgan fingerprint density at radius 1 is 0.833 bits per heavy atom. The highest BCUT2D eigenvalue weighted by atomic mass is 16.7. The molecule has 21 atom stereocenters. The van der Waals surface area contributed by atoms with Gasteiger partial charge in [0.25, 0.3) is 0 Å². The molecule has 15 heteroatoms. The molecule has 48 heavy (non-hydrogen) atoms. The van der Waals surface area contributed by atoms with Gasteiger partial charge in [-0.25, -0.2) is 0 Å². The minimum Gasteiger partial charge on any atom is -0.394 e. The maximum Gasteiger partial charge on any atom is 0.187 e. The summed E-state index contributed by atoms with van der Waals surface area (Å²) < 4.78 is 17.4. The normalized spacial score (nSPS) is 59.4. The second-order valence-corrected chi connectivity index (χ2v) is 16.1. The van der Waals surface area contributed by atoms with Gasteiger partial charge < -0.3 is 75.5 Å². The van der Waals surface area contributed by atoms with Crippen molar-refractivity contribution in [2.75, 3.05) is 13.2 Å². The first-order valence-electron chi connectivity index (χ1n) is 17.1. The van der Waals surface area contributed by atoms with Crippen LogP contribution in [-0.4, -0.2) is 159 Å². The molecule has 6 fully saturated rings. The third kappa shape index (κ3) is 4.89. The topological polar surface area (TPSA) is 270 Å². The van der Waals surface area contributed by atoms with Crippen LogP contribution in [0.4, 0.5) is 0 Å². The number of aliphatic hydroxyl groups excluding tert-OH is 10. The Morgan fingerprint density at radius 3 is 2.10 bits per heavy atom. The van der Waals surface area contributed by atoms with Crippen molar-refractivity contribution in [1.29, 1.82) is 0 Å². The number of ether oxygens (including phenoxy) is 3. The maximum absolute atomic E-state index is 11.8. The van der Waals surface area contributed by atoms with Gasteiger partial charge in [-0.2, -0.15) is 0 Å². The highest BCUT2D eigenvalue weighted by molar-refractivity contribution is 5.27. The van der Waals surface area contributed by atoms with Crippen LogP contribution in [0.15, 0.2) is 12.2 Å². The van der Waals surface area contributed by atoms with Gasteiger partial charge in [0.15, 0.2) is 12.1 Å². The fraction of sp³-hybridized carbons (Fsp3) is 0.939. The lowest BCUT2D eigenvalue weighted by Crippen LogP contribution is -2.83. The molecule has 0 aromatic heterocycles. The molecule has 0 amide bonds. The molecule has 0 radical (unpaired) electrons. The SMILES string of the molecule is C=C(CCC1(O)OC2CC3C4C(O)C(O)C5(O)C(O)C(O)C(O)C(O)C5(C)C4CCC3(C)C2C1C)COC1OC(CO)C(O)C(O)C1O. The van der Waals surface area contributed by atoms with Crippen LogP contribution in [0.1, 0.15) is 52.9 Å². The second kappa shape index (κ2) is 12.4. The van der Waals surface area contributed by atoms with Crippen molar-refractivity contribution in [1.82, 2.24) is 0 Å². The molecule has 6 aliphatic rings. The molecule has 2 heterocycles. The third-order valence-electron chi connectivity index (χ3n) is 14.0. The van der Waals surface area contributed by atoms with E-state index in [2.05, 4.69) is 13.5 Å². The molecule has 21 unspecified atom stereocenters. The molecule has 15 nitrogen and oxygen atoms in total. The summed E-state index contributed by atoms with van der Waals surface area (Å²) in [5, 5.41) is 129. The molecule has 4 saturated carbocycles. The van der Waals surface area contributed by atoms with Crippen molar-refractivity contribution in [2.45, 2.75) is 138 Å². The summed E-state index contributed by atoms with van der Waals surface area (Å²) in [5.41, 5.74) is -4.11. The summed E-state index contributed by atoms with van der Waals surface area (Å²) in [6, 6.07) is 0. The number of aliphatic hydroxyl groups is 12. The van der Waals surface area contributed by atoms with Crippen LogP contribution in [0.3, 0.4) is 0 Å². The van der Waals surface area contributed by atoms with Gasteiger partial charge in [-0.15, -0.1) is 0 Å². The lowest BCUT2D eigenvalue weighted by Gasteiger charge is -2.69. The number of hydrogen-bond donors (Lipinski definition) is 12. The summed E-state index contributed by atoms with van der Waals surface area (Å²) in [4.78, 5) is 0. The van der Waals surface area contributed by atoms with E-state index in [1.807, 2.05) is 6.92 Å². The van der Waals surface area contributed by atoms with E-state index in [1.165, 1.54) is 6.92 Å². The zero-order valence-corrected chi connectivity index (χ0v) is 27.6. The Morgan fingerprint density at radius 2 is 1.46 bits per heavy atom. The second-order valence-electron chi connectivity index (χ2n) is 16.1. The van der Waals surface area contributed by atoms with Gasteiger partial charge >= 0.3 is 0 Å². The molecule has 0 bridgehead atoms. The number of fused-ring (bicyclic) bond motifs is 7. The largest absolute Gasteiger partial charge is 0.394 e. The van der Waals surface area contributed by atoms with Crippen LogP contribution in [0, 0.1) is 40.4 Å². The molecule has 0 spiro atoms. The van der Waals surface area contributed by atoms with Crippen molar-refractivity contribution in [2.24, 2.45) is 40.4 Å². The fourth-order valence-electron chi connectivity index (χ4n) is 11.2. The number of rotatable bonds is 7. The first kappa shape index (κ1) is 36.9. The highest BCUT2D eigenvalue weighted by Gasteiger charge is 2.78. The van der Waals surface area contributed by atoms with E-state index in [4.69, 9.17) is 14.2 Å². The smallest absolute Gasteiger partial charge is 0.187 e. The molecule has 12 N–H and O–H groups in total. The predicted molar refractivity (Wildman–Crippen MR) is 162 cm³/mol. The zero-order valence-electron chi connectivity index (χ0n) is 27.6. The Hall–Kier alpha value is -0.860. The first-order chi connectivity index (χ1) is 22.3. The van der Waals surface area contributed by atoms with E-state index in [9.17, 15) is 61.3 Å². The first-order valence-corrected chi connectivity index (χ1v) is 17.1. The van der Waals surface area contributed by atoms with Gasteiger partial charge in [0.1, 0.15) is 54.4 Å². The molecule has 2 aliphatic heterocycles. The number of hydrogen-bond acceptors (Lipinski definition) is 15. The standard InChI is InChI=1S/C33H54O15/c1-12(11-46-29-25(40)22(37)20(35)17(10-34)47-29)5-8-32(44)13(2)19-16(48-32)9-15-18-14(6-7-30(15,19)3)31(4)26(41)23(38)24(39)28(43)33(31,45)27(42)21(18)36/h13-29,34-45H,1,5-11H2,2-4H3. The van der Waals surface area contributed by atoms with Gasteiger partial charge in [-0.1, -0.05) is 32.9 Å². The van der Waals surface area contributed by atoms with Gasteiger partial charge in [0, 0.05) is 17.8 Å². The Kier molecular flexibility index (Phi) is 9.52. The van der Waals surface area contributed by atoms with E-state index in [-0.39, 0.29) is 37.2 Å². The zero-order chi connectivity index (χ0) is 35.5. The average molecular weight is 691 g/mol. The van der Waals surface area contributed by atoms with Crippen LogP contribution in [-0.2, 0) is 14.2 Å². The quantitative estimate of drug-likeness (QED) is 0.115. The van der Waals surface area contributed by atoms with Crippen molar-refractivity contribution < 1.29 is 75.5 Å². The molecule has 0 aromatic carbocycles. The van der Waals surface area contributed by atoms with Crippen LogP contribution >= 0.6 is 0 Å². The fourth-order valence-corrected chi connectivity index (χ4v) is 11.2. The summed E-state index contributed by atoms with van der Waals surface area (Å²) >= 11 is 0. The molecule has 4 aliphatic carbocycles. The van der Waals surface area contributed by atoms with Crippen molar-refractivity contribution in [3.05, 3.63) is 12.2 Å². The Bertz CT molecular complexity index is 1220. The maximum atomic E-state index is 11.8. The molecule has 0 aromatic rings. The van der Waals surface area contributed by atoms with Gasteiger partial charge in [-0.3, -0.25) is 0 Å². The van der Waals surface area contributed by atoms with Crippen LogP contribution in [0.2, 0.25) is 0 Å². The summed E-state index contributed by atoms with van der Waals surface area (Å²) in [6.45, 7) is 8.79. The Balaban J connectivity index is 1.14. The molecule has 6 rings (SSSR count). The van der Waals surface area contributed by atoms with Crippen LogP contribution in [0.5, 0.6) is 0 Å². The van der Waals surface area contributed by atoms with E-state index in [0.717, 1.165) is 0 Å². The highest BCUT2D eigenvalue weighted by Crippen LogP contribution is 2.71. The third-order valence-corrected chi connectivity index (χ3v) is 14.0. The van der Waals surface area contributed by atoms with Crippen LogP contribution < -0.4 is 0 Å². The lowest BCUT2D eigenvalue weighted by molar-refractivity contribution is -0.367. The van der Waals surface area contributed by atoms with E-state index >= 15 is 0 Å². The average Bonchev–Trinajstić information content (AvgIpc) is 3.49. The van der Waals surface area contributed by atoms with E-state index in [1.54, 1.807) is 0 Å². The minimum atomic E-state index is -2.49. The van der Waals surface area contributed by atoms with Crippen LogP contribution in [0.25, 0.3) is 0 Å². The molecular formula is C33H54O15. The molecule has 276 valence electrons. The van der Waals surface area contributed by atoms with Crippen molar-refractivity contribution in [3.8, 4) is 0 Å². The minimum absolute atomic E-state index is 0.0968. The summed E-state index contributed by atoms with van der Waals surface area (Å²) in [6.07, 6.45) is -16.5. The van der Waals surface area contributed by atoms with Crippen molar-refractivity contribution in [3.63, 3.8) is 0 Å². The lowest BCUT2D eigenvalue weighted by atomic mass is 9.40. The molecule has 2 saturated heterocycles. The monoisotopic (exact) mass is 690 g/mol. The predicted octanol–water partition coefficient (Wildman–Crippen LogP) is -3.54. The van der Waals surface area contributed by atoms with Crippen molar-refractivity contribution >= 4 is 0 Å². The molecular weight excluding hydrogens is 636 g/mol. The van der Waals surface area contributed by atoms with Gasteiger partial charge in [0.05, 0.1) is 31.5 Å². The summed E-state index contributed by atoms with van der Waals surface area (Å²) in [5.74, 6) is -3.61. The van der Waals surface area contributed by atoms with Gasteiger partial charge in [0.2, 0.25) is 0 Å². The summed E-state index contributed by atoms with van der Waals surface area (Å²) in [7, 11) is 0. The van der Waals surface area contributed by atoms with E-state index in [0.29, 0.717) is 24.8 Å². The van der Waals surface area contributed by atoms with E-state index < -0.39 is 114 Å². The van der Waals surface area contributed by atoms with Gasteiger partial charge in [-0.05, 0) is 54.8 Å². The Labute approximate surface area is 279 Å².